The van der Waals surface area contributed by atoms with E-state index in [0.717, 1.165) is 20.0 Å². The lowest BCUT2D eigenvalue weighted by atomic mass is 10.1. The summed E-state index contributed by atoms with van der Waals surface area (Å²) in [7, 11) is 0. The molecule has 0 bridgehead atoms. The number of carboxylic acid groups (broad SMARTS) is 1. The van der Waals surface area contributed by atoms with Crippen LogP contribution in [0.15, 0.2) is 50.9 Å². The van der Waals surface area contributed by atoms with Crippen molar-refractivity contribution in [2.45, 2.75) is 16.8 Å². The molecule has 5 heteroatoms. The third-order valence-electron chi connectivity index (χ3n) is 2.37. The Morgan fingerprint density at radius 1 is 1.33 bits per heavy atom. The Morgan fingerprint density at radius 2 is 2.11 bits per heavy atom. The Kier molecular flexibility index (Phi) is 4.04. The molecular weight excluding hydrogens is 314 g/mol. The van der Waals surface area contributed by atoms with Gasteiger partial charge >= 0.3 is 5.97 Å². The Balaban J connectivity index is 2.46. The van der Waals surface area contributed by atoms with Crippen LogP contribution in [0.25, 0.3) is 0 Å². The van der Waals surface area contributed by atoms with Crippen molar-refractivity contribution in [3.05, 3.63) is 52.1 Å². The summed E-state index contributed by atoms with van der Waals surface area (Å²) < 4.78 is 0.856. The molecule has 0 aliphatic heterocycles. The quantitative estimate of drug-likeness (QED) is 0.927. The van der Waals surface area contributed by atoms with Crippen molar-refractivity contribution < 1.29 is 9.90 Å². The Morgan fingerprint density at radius 3 is 2.78 bits per heavy atom. The average molecular weight is 324 g/mol. The van der Waals surface area contributed by atoms with Crippen molar-refractivity contribution in [2.24, 2.45) is 0 Å². The third kappa shape index (κ3) is 2.73. The minimum atomic E-state index is -0.923. The molecule has 18 heavy (non-hydrogen) atoms. The van der Waals surface area contributed by atoms with Crippen molar-refractivity contribution >= 4 is 33.7 Å². The van der Waals surface area contributed by atoms with Crippen LogP contribution in [0.1, 0.15) is 15.9 Å². The van der Waals surface area contributed by atoms with Crippen molar-refractivity contribution in [3.63, 3.8) is 0 Å². The number of benzene rings is 1. The van der Waals surface area contributed by atoms with Gasteiger partial charge in [0.25, 0.3) is 0 Å². The molecule has 0 saturated heterocycles. The first-order valence-corrected chi connectivity index (χ1v) is 6.82. The van der Waals surface area contributed by atoms with E-state index in [-0.39, 0.29) is 0 Å². The number of hydrogen-bond acceptors (Lipinski definition) is 3. The minimum absolute atomic E-state index is 0.303. The average Bonchev–Trinajstić information content (AvgIpc) is 2.34. The van der Waals surface area contributed by atoms with E-state index in [4.69, 9.17) is 0 Å². The van der Waals surface area contributed by atoms with Gasteiger partial charge in [-0.25, -0.2) is 9.78 Å². The van der Waals surface area contributed by atoms with Crippen LogP contribution in [-0.4, -0.2) is 16.1 Å². The van der Waals surface area contributed by atoms with Crippen molar-refractivity contribution in [2.75, 3.05) is 0 Å². The SMILES string of the molecule is Cc1cccc(C(=O)O)c1Sc1ncccc1Br. The zero-order valence-electron chi connectivity index (χ0n) is 9.55. The number of nitrogens with zero attached hydrogens (tertiary/aromatic N) is 1. The van der Waals surface area contributed by atoms with Crippen LogP contribution in [0.4, 0.5) is 0 Å². The lowest BCUT2D eigenvalue weighted by Gasteiger charge is -2.09. The van der Waals surface area contributed by atoms with Gasteiger partial charge in [-0.3, -0.25) is 0 Å². The predicted octanol–water partition coefficient (Wildman–Crippen LogP) is 4.00. The fraction of sp³-hybridized carbons (Fsp3) is 0.0769. The third-order valence-corrected chi connectivity index (χ3v) is 4.53. The molecule has 0 saturated carbocycles. The van der Waals surface area contributed by atoms with Gasteiger partial charge in [0.2, 0.25) is 0 Å². The molecule has 0 radical (unpaired) electrons. The number of aromatic carboxylic acids is 1. The van der Waals surface area contributed by atoms with Crippen molar-refractivity contribution in [3.8, 4) is 0 Å². The Hall–Kier alpha value is -1.33. The summed E-state index contributed by atoms with van der Waals surface area (Å²) in [4.78, 5) is 16.2. The van der Waals surface area contributed by atoms with E-state index in [0.29, 0.717) is 5.56 Å². The zero-order chi connectivity index (χ0) is 13.1. The molecule has 0 unspecified atom stereocenters. The van der Waals surface area contributed by atoms with Gasteiger partial charge in [0, 0.05) is 11.1 Å². The molecule has 92 valence electrons. The number of halogens is 1. The van der Waals surface area contributed by atoms with E-state index in [1.54, 1.807) is 18.3 Å². The monoisotopic (exact) mass is 323 g/mol. The van der Waals surface area contributed by atoms with Crippen LogP contribution in [0, 0.1) is 6.92 Å². The zero-order valence-corrected chi connectivity index (χ0v) is 12.0. The van der Waals surface area contributed by atoms with Crippen LogP contribution < -0.4 is 0 Å². The van der Waals surface area contributed by atoms with Crippen LogP contribution >= 0.6 is 27.7 Å². The molecule has 3 nitrogen and oxygen atoms in total. The normalized spacial score (nSPS) is 10.3. The first kappa shape index (κ1) is 13.1. The molecule has 0 amide bonds. The van der Waals surface area contributed by atoms with Gasteiger partial charge < -0.3 is 5.11 Å². The van der Waals surface area contributed by atoms with E-state index in [2.05, 4.69) is 20.9 Å². The molecule has 0 fully saturated rings. The number of aryl methyl sites for hydroxylation is 1. The summed E-state index contributed by atoms with van der Waals surface area (Å²) in [6, 6.07) is 8.95. The van der Waals surface area contributed by atoms with Gasteiger partial charge in [-0.2, -0.15) is 0 Å². The summed E-state index contributed by atoms with van der Waals surface area (Å²) in [5.41, 5.74) is 1.23. The maximum atomic E-state index is 11.2. The highest BCUT2D eigenvalue weighted by atomic mass is 79.9. The van der Waals surface area contributed by atoms with Gasteiger partial charge in [0.05, 0.1) is 10.0 Å². The number of carboxylic acids is 1. The maximum absolute atomic E-state index is 11.2. The van der Waals surface area contributed by atoms with Crippen LogP contribution in [0.3, 0.4) is 0 Å². The van der Waals surface area contributed by atoms with Gasteiger partial charge in [-0.1, -0.05) is 23.9 Å². The fourth-order valence-corrected chi connectivity index (χ4v) is 2.96. The standard InChI is InChI=1S/C13H10BrNO2S/c1-8-4-2-5-9(13(16)17)11(8)18-12-10(14)6-3-7-15-12/h2-7H,1H3,(H,16,17). The molecule has 1 aromatic heterocycles. The van der Waals surface area contributed by atoms with Gasteiger partial charge in [-0.15, -0.1) is 0 Å². The predicted molar refractivity (Wildman–Crippen MR) is 74.2 cm³/mol. The first-order valence-electron chi connectivity index (χ1n) is 5.21. The molecule has 0 atom stereocenters. The first-order chi connectivity index (χ1) is 8.59. The van der Waals surface area contributed by atoms with Gasteiger partial charge in [0.1, 0.15) is 5.03 Å². The highest BCUT2D eigenvalue weighted by Crippen LogP contribution is 2.35. The number of aromatic nitrogens is 1. The summed E-state index contributed by atoms with van der Waals surface area (Å²) in [6.45, 7) is 1.89. The van der Waals surface area contributed by atoms with Gasteiger partial charge in [0.15, 0.2) is 0 Å². The van der Waals surface area contributed by atoms with Gasteiger partial charge in [-0.05, 0) is 46.6 Å². The lowest BCUT2D eigenvalue weighted by Crippen LogP contribution is -2.00. The number of pyridine rings is 1. The molecule has 0 aliphatic rings. The highest BCUT2D eigenvalue weighted by molar-refractivity contribution is 9.10. The van der Waals surface area contributed by atoms with E-state index < -0.39 is 5.97 Å². The lowest BCUT2D eigenvalue weighted by molar-refractivity contribution is 0.0693. The molecule has 0 aliphatic carbocycles. The van der Waals surface area contributed by atoms with Crippen LogP contribution in [0.5, 0.6) is 0 Å². The second-order valence-electron chi connectivity index (χ2n) is 3.65. The molecule has 0 spiro atoms. The largest absolute Gasteiger partial charge is 0.478 e. The minimum Gasteiger partial charge on any atom is -0.478 e. The van der Waals surface area contributed by atoms with E-state index >= 15 is 0 Å². The number of carbonyl (C=O) groups is 1. The molecule has 1 N–H and O–H groups in total. The molecular formula is C13H10BrNO2S. The van der Waals surface area contributed by atoms with E-state index in [1.165, 1.54) is 11.8 Å². The molecule has 2 rings (SSSR count). The van der Waals surface area contributed by atoms with E-state index in [9.17, 15) is 9.90 Å². The molecule has 1 heterocycles. The smallest absolute Gasteiger partial charge is 0.336 e. The highest BCUT2D eigenvalue weighted by Gasteiger charge is 2.14. The summed E-state index contributed by atoms with van der Waals surface area (Å²) >= 11 is 4.77. The number of hydrogen-bond donors (Lipinski definition) is 1. The molecule has 1 aromatic carbocycles. The van der Waals surface area contributed by atoms with Crippen LogP contribution in [-0.2, 0) is 0 Å². The summed E-state index contributed by atoms with van der Waals surface area (Å²) in [5.74, 6) is -0.923. The number of rotatable bonds is 3. The Bertz CT molecular complexity index is 601. The van der Waals surface area contributed by atoms with Crippen LogP contribution in [0.2, 0.25) is 0 Å². The second kappa shape index (κ2) is 5.54. The molecule has 2 aromatic rings. The maximum Gasteiger partial charge on any atom is 0.336 e. The summed E-state index contributed by atoms with van der Waals surface area (Å²) in [5, 5.41) is 9.95. The fourth-order valence-electron chi connectivity index (χ4n) is 1.50. The Labute approximate surface area is 117 Å². The topological polar surface area (TPSA) is 50.2 Å². The van der Waals surface area contributed by atoms with E-state index in [1.807, 2.05) is 25.1 Å². The second-order valence-corrected chi connectivity index (χ2v) is 5.50. The summed E-state index contributed by atoms with van der Waals surface area (Å²) in [6.07, 6.45) is 1.69. The van der Waals surface area contributed by atoms with Crippen molar-refractivity contribution in [1.82, 2.24) is 4.98 Å². The van der Waals surface area contributed by atoms with Crippen molar-refractivity contribution in [1.29, 1.82) is 0 Å².